The van der Waals surface area contributed by atoms with E-state index in [0.29, 0.717) is 11.5 Å². The van der Waals surface area contributed by atoms with Gasteiger partial charge in [0, 0.05) is 35.5 Å². The molecule has 0 amide bonds. The number of halogens is 1. The van der Waals surface area contributed by atoms with Gasteiger partial charge in [-0.1, -0.05) is 15.9 Å². The van der Waals surface area contributed by atoms with Crippen molar-refractivity contribution in [3.8, 4) is 6.07 Å². The summed E-state index contributed by atoms with van der Waals surface area (Å²) in [4.78, 5) is 11.0. The van der Waals surface area contributed by atoms with Crippen molar-refractivity contribution in [3.63, 3.8) is 0 Å². The molecule has 0 aliphatic carbocycles. The molecule has 1 aromatic heterocycles. The number of aromatic nitrogens is 2. The van der Waals surface area contributed by atoms with Crippen LogP contribution in [0.3, 0.4) is 0 Å². The minimum absolute atomic E-state index is 0.278. The molecule has 1 aromatic carbocycles. The average molecular weight is 372 g/mol. The highest BCUT2D eigenvalue weighted by Crippen LogP contribution is 2.27. The molecule has 2 heterocycles. The minimum atomic E-state index is 0.278. The molecule has 23 heavy (non-hydrogen) atoms. The molecule has 0 radical (unpaired) electrons. The molecule has 1 aliphatic heterocycles. The van der Waals surface area contributed by atoms with Gasteiger partial charge in [-0.05, 0) is 44.0 Å². The summed E-state index contributed by atoms with van der Waals surface area (Å²) in [5, 5.41) is 12.8. The highest BCUT2D eigenvalue weighted by molar-refractivity contribution is 9.10. The molecule has 1 fully saturated rings. The van der Waals surface area contributed by atoms with E-state index < -0.39 is 0 Å². The van der Waals surface area contributed by atoms with Gasteiger partial charge in [0.2, 0.25) is 5.95 Å². The molecule has 0 saturated carbocycles. The van der Waals surface area contributed by atoms with Gasteiger partial charge in [0.1, 0.15) is 6.07 Å². The van der Waals surface area contributed by atoms with E-state index in [2.05, 4.69) is 42.2 Å². The standard InChI is InChI=1S/C17H18BrN5/c1-12-6-7-20-17(21-12)22-15-3-2-8-23(11-15)16-5-4-14(18)9-13(16)10-19/h4-7,9,15H,2-3,8,11H2,1H3,(H,20,21,22). The van der Waals surface area contributed by atoms with E-state index in [0.717, 1.165) is 41.8 Å². The molecular weight excluding hydrogens is 354 g/mol. The lowest BCUT2D eigenvalue weighted by molar-refractivity contribution is 0.527. The Morgan fingerprint density at radius 3 is 3.04 bits per heavy atom. The number of anilines is 2. The fourth-order valence-electron chi connectivity index (χ4n) is 2.89. The number of hydrogen-bond acceptors (Lipinski definition) is 5. The third-order valence-corrected chi connectivity index (χ3v) is 4.46. The summed E-state index contributed by atoms with van der Waals surface area (Å²) in [5.74, 6) is 0.674. The second-order valence-corrected chi connectivity index (χ2v) is 6.64. The Balaban J connectivity index is 1.75. The number of benzene rings is 1. The number of nitrogens with one attached hydrogen (secondary N) is 1. The number of aryl methyl sites for hydroxylation is 1. The van der Waals surface area contributed by atoms with Crippen LogP contribution in [-0.2, 0) is 0 Å². The SMILES string of the molecule is Cc1ccnc(NC2CCCN(c3ccc(Br)cc3C#N)C2)n1. The van der Waals surface area contributed by atoms with Crippen LogP contribution in [0.25, 0.3) is 0 Å². The van der Waals surface area contributed by atoms with Crippen LogP contribution in [0.2, 0.25) is 0 Å². The summed E-state index contributed by atoms with van der Waals surface area (Å²) in [6.45, 7) is 3.76. The molecule has 5 nitrogen and oxygen atoms in total. The lowest BCUT2D eigenvalue weighted by Gasteiger charge is -2.35. The van der Waals surface area contributed by atoms with Crippen LogP contribution in [-0.4, -0.2) is 29.1 Å². The number of hydrogen-bond donors (Lipinski definition) is 1. The van der Waals surface area contributed by atoms with Gasteiger partial charge >= 0.3 is 0 Å². The third-order valence-electron chi connectivity index (χ3n) is 3.97. The molecule has 1 N–H and O–H groups in total. The van der Waals surface area contributed by atoms with Crippen molar-refractivity contribution in [1.82, 2.24) is 9.97 Å². The fraction of sp³-hybridized carbons (Fsp3) is 0.353. The lowest BCUT2D eigenvalue weighted by Crippen LogP contribution is -2.42. The number of rotatable bonds is 3. The average Bonchev–Trinajstić information content (AvgIpc) is 2.55. The Morgan fingerprint density at radius 1 is 1.39 bits per heavy atom. The first-order valence-corrected chi connectivity index (χ1v) is 8.46. The third kappa shape index (κ3) is 3.80. The van der Waals surface area contributed by atoms with Gasteiger partial charge in [-0.3, -0.25) is 0 Å². The molecule has 3 rings (SSSR count). The molecule has 1 saturated heterocycles. The Bertz CT molecular complexity index is 740. The molecular formula is C17H18BrN5. The molecule has 1 aliphatic rings. The van der Waals surface area contributed by atoms with Gasteiger partial charge in [0.25, 0.3) is 0 Å². The molecule has 1 atom stereocenters. The Hall–Kier alpha value is -2.13. The summed E-state index contributed by atoms with van der Waals surface area (Å²) in [5.41, 5.74) is 2.65. The van der Waals surface area contributed by atoms with Crippen LogP contribution in [0.15, 0.2) is 34.9 Å². The second-order valence-electron chi connectivity index (χ2n) is 5.72. The first-order chi connectivity index (χ1) is 11.2. The summed E-state index contributed by atoms with van der Waals surface area (Å²) in [6.07, 6.45) is 3.92. The van der Waals surface area contributed by atoms with Crippen molar-refractivity contribution in [2.24, 2.45) is 0 Å². The van der Waals surface area contributed by atoms with E-state index in [1.165, 1.54) is 0 Å². The summed E-state index contributed by atoms with van der Waals surface area (Å²) in [6, 6.07) is 10.3. The van der Waals surface area contributed by atoms with Crippen LogP contribution in [0.4, 0.5) is 11.6 Å². The zero-order valence-electron chi connectivity index (χ0n) is 13.0. The van der Waals surface area contributed by atoms with Crippen molar-refractivity contribution in [3.05, 3.63) is 46.2 Å². The van der Waals surface area contributed by atoms with E-state index in [4.69, 9.17) is 0 Å². The van der Waals surface area contributed by atoms with Crippen molar-refractivity contribution >= 4 is 27.6 Å². The highest BCUT2D eigenvalue weighted by Gasteiger charge is 2.22. The van der Waals surface area contributed by atoms with Gasteiger partial charge in [-0.2, -0.15) is 5.26 Å². The van der Waals surface area contributed by atoms with Crippen LogP contribution in [0.5, 0.6) is 0 Å². The Morgan fingerprint density at radius 2 is 2.26 bits per heavy atom. The van der Waals surface area contributed by atoms with Crippen LogP contribution in [0, 0.1) is 18.3 Å². The quantitative estimate of drug-likeness (QED) is 0.894. The van der Waals surface area contributed by atoms with Crippen LogP contribution >= 0.6 is 15.9 Å². The van der Waals surface area contributed by atoms with Crippen LogP contribution < -0.4 is 10.2 Å². The summed E-state index contributed by atoms with van der Waals surface area (Å²) >= 11 is 3.43. The molecule has 118 valence electrons. The topological polar surface area (TPSA) is 64.8 Å². The van der Waals surface area contributed by atoms with Gasteiger partial charge in [-0.15, -0.1) is 0 Å². The first kappa shape index (κ1) is 15.8. The predicted molar refractivity (Wildman–Crippen MR) is 94.5 cm³/mol. The predicted octanol–water partition coefficient (Wildman–Crippen LogP) is 3.50. The first-order valence-electron chi connectivity index (χ1n) is 7.66. The zero-order valence-corrected chi connectivity index (χ0v) is 14.5. The number of nitrogens with zero attached hydrogens (tertiary/aromatic N) is 4. The van der Waals surface area contributed by atoms with E-state index in [1.807, 2.05) is 31.2 Å². The Kier molecular flexibility index (Phi) is 4.77. The minimum Gasteiger partial charge on any atom is -0.368 e. The van der Waals surface area contributed by atoms with Crippen molar-refractivity contribution in [1.29, 1.82) is 5.26 Å². The van der Waals surface area contributed by atoms with E-state index in [1.54, 1.807) is 6.20 Å². The largest absolute Gasteiger partial charge is 0.368 e. The van der Waals surface area contributed by atoms with E-state index >= 15 is 0 Å². The molecule has 0 bridgehead atoms. The second kappa shape index (κ2) is 6.97. The van der Waals surface area contributed by atoms with Crippen molar-refractivity contribution in [2.45, 2.75) is 25.8 Å². The van der Waals surface area contributed by atoms with Crippen molar-refractivity contribution in [2.75, 3.05) is 23.3 Å². The number of nitriles is 1. The summed E-state index contributed by atoms with van der Waals surface area (Å²) < 4.78 is 0.928. The van der Waals surface area contributed by atoms with E-state index in [9.17, 15) is 5.26 Å². The fourth-order valence-corrected chi connectivity index (χ4v) is 3.25. The maximum absolute atomic E-state index is 9.37. The van der Waals surface area contributed by atoms with Gasteiger partial charge in [0.15, 0.2) is 0 Å². The number of piperidine rings is 1. The summed E-state index contributed by atoms with van der Waals surface area (Å²) in [7, 11) is 0. The van der Waals surface area contributed by atoms with Gasteiger partial charge in [0.05, 0.1) is 11.3 Å². The maximum Gasteiger partial charge on any atom is 0.223 e. The zero-order chi connectivity index (χ0) is 16.2. The Labute approximate surface area is 144 Å². The van der Waals surface area contributed by atoms with Crippen LogP contribution in [0.1, 0.15) is 24.1 Å². The smallest absolute Gasteiger partial charge is 0.223 e. The lowest BCUT2D eigenvalue weighted by atomic mass is 10.0. The molecule has 6 heteroatoms. The normalized spacial score (nSPS) is 17.6. The molecule has 0 spiro atoms. The highest BCUT2D eigenvalue weighted by atomic mass is 79.9. The van der Waals surface area contributed by atoms with E-state index in [-0.39, 0.29) is 6.04 Å². The monoisotopic (exact) mass is 371 g/mol. The van der Waals surface area contributed by atoms with Gasteiger partial charge in [-0.25, -0.2) is 9.97 Å². The molecule has 2 aromatic rings. The molecule has 1 unspecified atom stereocenters. The van der Waals surface area contributed by atoms with Crippen molar-refractivity contribution < 1.29 is 0 Å². The van der Waals surface area contributed by atoms with Gasteiger partial charge < -0.3 is 10.2 Å². The maximum atomic E-state index is 9.37.